The molecule has 0 amide bonds. The molecule has 0 atom stereocenters. The van der Waals surface area contributed by atoms with Gasteiger partial charge in [0.05, 0.1) is 6.33 Å². The third kappa shape index (κ3) is 2.36. The van der Waals surface area contributed by atoms with Crippen molar-refractivity contribution in [3.8, 4) is 11.1 Å². The van der Waals surface area contributed by atoms with Crippen LogP contribution >= 0.6 is 12.2 Å². The Bertz CT molecular complexity index is 514. The summed E-state index contributed by atoms with van der Waals surface area (Å²) in [5.41, 5.74) is 3.47. The maximum absolute atomic E-state index is 5.22. The summed E-state index contributed by atoms with van der Waals surface area (Å²) in [5.74, 6) is 0. The van der Waals surface area contributed by atoms with Crippen molar-refractivity contribution in [1.29, 1.82) is 0 Å². The van der Waals surface area contributed by atoms with Gasteiger partial charge in [-0.1, -0.05) is 49.8 Å². The van der Waals surface area contributed by atoms with Gasteiger partial charge >= 0.3 is 0 Å². The second kappa shape index (κ2) is 5.03. The van der Waals surface area contributed by atoms with E-state index in [0.717, 1.165) is 22.2 Å². The standard InChI is InChI=1S/C13H14N2S/c1-2-3-10-4-6-11(7-5-10)12-8-14-9-15-13(12)16/h4-9H,2-3H2,1H3,(H,14,15,16). The zero-order valence-corrected chi connectivity index (χ0v) is 10.1. The summed E-state index contributed by atoms with van der Waals surface area (Å²) >= 11 is 5.22. The molecule has 2 rings (SSSR count). The molecule has 1 aromatic carbocycles. The van der Waals surface area contributed by atoms with Gasteiger partial charge in [-0.3, -0.25) is 0 Å². The van der Waals surface area contributed by atoms with Crippen molar-refractivity contribution in [2.45, 2.75) is 19.8 Å². The lowest BCUT2D eigenvalue weighted by atomic mass is 10.0. The highest BCUT2D eigenvalue weighted by atomic mass is 32.1. The van der Waals surface area contributed by atoms with Gasteiger partial charge in [0.2, 0.25) is 0 Å². The van der Waals surface area contributed by atoms with Crippen LogP contribution in [0.25, 0.3) is 11.1 Å². The van der Waals surface area contributed by atoms with Crippen LogP contribution in [0.4, 0.5) is 0 Å². The minimum Gasteiger partial charge on any atom is -0.337 e. The Morgan fingerprint density at radius 2 is 2.00 bits per heavy atom. The molecule has 0 saturated carbocycles. The number of aromatic nitrogens is 2. The maximum atomic E-state index is 5.22. The molecular weight excluding hydrogens is 216 g/mol. The zero-order valence-electron chi connectivity index (χ0n) is 9.23. The van der Waals surface area contributed by atoms with Crippen molar-refractivity contribution in [2.24, 2.45) is 0 Å². The van der Waals surface area contributed by atoms with Crippen molar-refractivity contribution >= 4 is 12.2 Å². The molecule has 3 heteroatoms. The fourth-order valence-electron chi connectivity index (χ4n) is 1.69. The SMILES string of the molecule is CCCc1ccc(-c2cnc[nH]c2=S)cc1. The fourth-order valence-corrected chi connectivity index (χ4v) is 1.91. The van der Waals surface area contributed by atoms with Crippen molar-refractivity contribution in [3.05, 3.63) is 47.0 Å². The van der Waals surface area contributed by atoms with Gasteiger partial charge in [0, 0.05) is 11.8 Å². The first kappa shape index (κ1) is 11.0. The van der Waals surface area contributed by atoms with Crippen LogP contribution in [-0.4, -0.2) is 9.97 Å². The average Bonchev–Trinajstić information content (AvgIpc) is 2.31. The number of hydrogen-bond donors (Lipinski definition) is 1. The highest BCUT2D eigenvalue weighted by Gasteiger charge is 2.00. The minimum absolute atomic E-state index is 0.734. The van der Waals surface area contributed by atoms with E-state index in [0.29, 0.717) is 0 Å². The van der Waals surface area contributed by atoms with Crippen LogP contribution in [-0.2, 0) is 6.42 Å². The van der Waals surface area contributed by atoms with Crippen LogP contribution < -0.4 is 0 Å². The highest BCUT2D eigenvalue weighted by molar-refractivity contribution is 7.71. The molecule has 2 aromatic rings. The molecule has 0 aliphatic heterocycles. The number of hydrogen-bond acceptors (Lipinski definition) is 2. The summed E-state index contributed by atoms with van der Waals surface area (Å²) < 4.78 is 0.734. The molecule has 1 aromatic heterocycles. The quantitative estimate of drug-likeness (QED) is 0.813. The first-order valence-electron chi connectivity index (χ1n) is 5.43. The van der Waals surface area contributed by atoms with E-state index in [1.165, 1.54) is 12.0 Å². The molecule has 0 bridgehead atoms. The molecule has 0 aliphatic rings. The van der Waals surface area contributed by atoms with Gasteiger partial charge < -0.3 is 4.98 Å². The molecule has 16 heavy (non-hydrogen) atoms. The van der Waals surface area contributed by atoms with E-state index in [9.17, 15) is 0 Å². The summed E-state index contributed by atoms with van der Waals surface area (Å²) in [6.07, 6.45) is 5.71. The lowest BCUT2D eigenvalue weighted by molar-refractivity contribution is 0.922. The van der Waals surface area contributed by atoms with Gasteiger partial charge in [0.15, 0.2) is 0 Å². The fraction of sp³-hybridized carbons (Fsp3) is 0.231. The molecule has 1 N–H and O–H groups in total. The first-order chi connectivity index (χ1) is 7.81. The molecule has 2 nitrogen and oxygen atoms in total. The number of H-pyrrole nitrogens is 1. The largest absolute Gasteiger partial charge is 0.337 e. The Morgan fingerprint density at radius 3 is 2.62 bits per heavy atom. The molecule has 0 unspecified atom stereocenters. The molecule has 0 fully saturated rings. The summed E-state index contributed by atoms with van der Waals surface area (Å²) in [4.78, 5) is 7.00. The van der Waals surface area contributed by atoms with Crippen LogP contribution in [0.2, 0.25) is 0 Å². The number of rotatable bonds is 3. The third-order valence-corrected chi connectivity index (χ3v) is 2.86. The highest BCUT2D eigenvalue weighted by Crippen LogP contribution is 2.19. The van der Waals surface area contributed by atoms with E-state index in [2.05, 4.69) is 41.2 Å². The molecule has 0 aliphatic carbocycles. The van der Waals surface area contributed by atoms with Crippen molar-refractivity contribution in [2.75, 3.05) is 0 Å². The molecule has 0 spiro atoms. The van der Waals surface area contributed by atoms with Gasteiger partial charge in [0.25, 0.3) is 0 Å². The van der Waals surface area contributed by atoms with Gasteiger partial charge in [-0.2, -0.15) is 0 Å². The van der Waals surface area contributed by atoms with Gasteiger partial charge in [0.1, 0.15) is 4.64 Å². The number of benzene rings is 1. The average molecular weight is 230 g/mol. The lowest BCUT2D eigenvalue weighted by Crippen LogP contribution is -1.86. The Balaban J connectivity index is 2.35. The Labute approximate surface area is 100 Å². The van der Waals surface area contributed by atoms with Crippen LogP contribution in [0.5, 0.6) is 0 Å². The van der Waals surface area contributed by atoms with Gasteiger partial charge in [-0.15, -0.1) is 0 Å². The van der Waals surface area contributed by atoms with Crippen LogP contribution in [0.1, 0.15) is 18.9 Å². The number of nitrogens with one attached hydrogen (secondary N) is 1. The van der Waals surface area contributed by atoms with Crippen LogP contribution in [0.15, 0.2) is 36.8 Å². The number of nitrogens with zero attached hydrogens (tertiary/aromatic N) is 1. The molecule has 82 valence electrons. The van der Waals surface area contributed by atoms with Crippen molar-refractivity contribution in [3.63, 3.8) is 0 Å². The monoisotopic (exact) mass is 230 g/mol. The van der Waals surface area contributed by atoms with E-state index < -0.39 is 0 Å². The Hall–Kier alpha value is -1.48. The molecule has 1 heterocycles. The second-order valence-electron chi connectivity index (χ2n) is 3.74. The van der Waals surface area contributed by atoms with Gasteiger partial charge in [-0.05, 0) is 17.5 Å². The third-order valence-electron chi connectivity index (χ3n) is 2.52. The smallest absolute Gasteiger partial charge is 0.113 e. The van der Waals surface area contributed by atoms with Gasteiger partial charge in [-0.25, -0.2) is 4.98 Å². The zero-order chi connectivity index (χ0) is 11.4. The topological polar surface area (TPSA) is 28.7 Å². The Kier molecular flexibility index (Phi) is 3.47. The first-order valence-corrected chi connectivity index (χ1v) is 5.84. The summed E-state index contributed by atoms with van der Waals surface area (Å²) in [6.45, 7) is 2.19. The minimum atomic E-state index is 0.734. The van der Waals surface area contributed by atoms with Crippen LogP contribution in [0.3, 0.4) is 0 Å². The predicted octanol–water partition coefficient (Wildman–Crippen LogP) is 3.76. The second-order valence-corrected chi connectivity index (χ2v) is 4.15. The molecular formula is C13H14N2S. The predicted molar refractivity (Wildman–Crippen MR) is 68.9 cm³/mol. The van der Waals surface area contributed by atoms with Crippen LogP contribution in [0, 0.1) is 4.64 Å². The van der Waals surface area contributed by atoms with E-state index in [1.54, 1.807) is 12.5 Å². The number of aryl methyl sites for hydroxylation is 1. The molecule has 0 saturated heterocycles. The lowest BCUT2D eigenvalue weighted by Gasteiger charge is -2.03. The van der Waals surface area contributed by atoms with E-state index >= 15 is 0 Å². The summed E-state index contributed by atoms with van der Waals surface area (Å²) in [7, 11) is 0. The van der Waals surface area contributed by atoms with Crippen molar-refractivity contribution in [1.82, 2.24) is 9.97 Å². The summed E-state index contributed by atoms with van der Waals surface area (Å²) in [6, 6.07) is 8.51. The molecule has 0 radical (unpaired) electrons. The van der Waals surface area contributed by atoms with E-state index in [-0.39, 0.29) is 0 Å². The maximum Gasteiger partial charge on any atom is 0.113 e. The number of aromatic amines is 1. The Morgan fingerprint density at radius 1 is 1.25 bits per heavy atom. The van der Waals surface area contributed by atoms with E-state index in [1.807, 2.05) is 0 Å². The van der Waals surface area contributed by atoms with E-state index in [4.69, 9.17) is 12.2 Å². The van der Waals surface area contributed by atoms with Crippen molar-refractivity contribution < 1.29 is 0 Å². The summed E-state index contributed by atoms with van der Waals surface area (Å²) in [5, 5.41) is 0. The normalized spacial score (nSPS) is 10.3.